The molecule has 0 saturated heterocycles. The number of halogens is 4. The van der Waals surface area contributed by atoms with E-state index in [0.29, 0.717) is 17.3 Å². The van der Waals surface area contributed by atoms with Crippen molar-refractivity contribution in [3.63, 3.8) is 0 Å². The second kappa shape index (κ2) is 8.46. The molecule has 0 fully saturated rings. The van der Waals surface area contributed by atoms with Gasteiger partial charge >= 0.3 is 6.18 Å². The van der Waals surface area contributed by atoms with Gasteiger partial charge in [0.1, 0.15) is 12.4 Å². The molecule has 1 aromatic carbocycles. The highest BCUT2D eigenvalue weighted by molar-refractivity contribution is 6.32. The van der Waals surface area contributed by atoms with E-state index in [4.69, 9.17) is 21.1 Å². The first kappa shape index (κ1) is 18.1. The summed E-state index contributed by atoms with van der Waals surface area (Å²) in [7, 11) is 1.50. The average molecular weight is 326 g/mol. The molecule has 0 heterocycles. The standard InChI is InChI=1S/C14H19ClF3NO2/c1-3-6-19-12(8-21-9-14(16,17)18)10-4-5-13(20-2)11(15)7-10/h4-5,7,12,19H,3,6,8-9H2,1-2H3. The maximum Gasteiger partial charge on any atom is 0.411 e. The van der Waals surface area contributed by atoms with Gasteiger partial charge in [-0.05, 0) is 30.7 Å². The summed E-state index contributed by atoms with van der Waals surface area (Å²) in [5, 5.41) is 3.56. The lowest BCUT2D eigenvalue weighted by Crippen LogP contribution is -2.28. The number of methoxy groups -OCH3 is 1. The molecule has 0 bridgehead atoms. The van der Waals surface area contributed by atoms with Crippen LogP contribution in [0.5, 0.6) is 5.75 Å². The van der Waals surface area contributed by atoms with Crippen LogP contribution in [0.15, 0.2) is 18.2 Å². The van der Waals surface area contributed by atoms with Gasteiger partial charge in [-0.2, -0.15) is 13.2 Å². The number of rotatable bonds is 8. The van der Waals surface area contributed by atoms with Crippen molar-refractivity contribution in [3.8, 4) is 5.75 Å². The number of ether oxygens (including phenoxy) is 2. The number of nitrogens with one attached hydrogen (secondary N) is 1. The van der Waals surface area contributed by atoms with Crippen molar-refractivity contribution in [2.75, 3.05) is 26.9 Å². The third kappa shape index (κ3) is 6.54. The Hall–Kier alpha value is -0.980. The Morgan fingerprint density at radius 3 is 2.57 bits per heavy atom. The van der Waals surface area contributed by atoms with Gasteiger partial charge < -0.3 is 14.8 Å². The van der Waals surface area contributed by atoms with Crippen molar-refractivity contribution in [2.24, 2.45) is 0 Å². The van der Waals surface area contributed by atoms with Crippen molar-refractivity contribution in [1.82, 2.24) is 5.32 Å². The molecule has 0 aliphatic heterocycles. The zero-order valence-electron chi connectivity index (χ0n) is 12.0. The fourth-order valence-corrected chi connectivity index (χ4v) is 2.05. The molecule has 1 aromatic rings. The van der Waals surface area contributed by atoms with Crippen LogP contribution >= 0.6 is 11.6 Å². The Labute approximate surface area is 127 Å². The molecule has 0 amide bonds. The first-order valence-corrected chi connectivity index (χ1v) is 6.96. The van der Waals surface area contributed by atoms with E-state index in [1.165, 1.54) is 7.11 Å². The van der Waals surface area contributed by atoms with E-state index in [0.717, 1.165) is 12.0 Å². The van der Waals surface area contributed by atoms with Gasteiger partial charge in [-0.1, -0.05) is 24.6 Å². The van der Waals surface area contributed by atoms with Gasteiger partial charge in [0.2, 0.25) is 0 Å². The van der Waals surface area contributed by atoms with Crippen LogP contribution in [0.3, 0.4) is 0 Å². The topological polar surface area (TPSA) is 30.5 Å². The molecule has 0 spiro atoms. The van der Waals surface area contributed by atoms with E-state index in [-0.39, 0.29) is 12.6 Å². The van der Waals surface area contributed by atoms with E-state index in [2.05, 4.69) is 5.32 Å². The van der Waals surface area contributed by atoms with Crippen LogP contribution in [0.1, 0.15) is 24.9 Å². The van der Waals surface area contributed by atoms with Gasteiger partial charge in [-0.3, -0.25) is 0 Å². The van der Waals surface area contributed by atoms with Crippen molar-refractivity contribution in [2.45, 2.75) is 25.6 Å². The molecular weight excluding hydrogens is 307 g/mol. The zero-order chi connectivity index (χ0) is 15.9. The number of hydrogen-bond acceptors (Lipinski definition) is 3. The van der Waals surface area contributed by atoms with E-state index in [1.807, 2.05) is 6.92 Å². The number of hydrogen-bond donors (Lipinski definition) is 1. The molecule has 120 valence electrons. The Morgan fingerprint density at radius 2 is 2.05 bits per heavy atom. The van der Waals surface area contributed by atoms with E-state index >= 15 is 0 Å². The van der Waals surface area contributed by atoms with Gasteiger partial charge in [0.15, 0.2) is 0 Å². The summed E-state index contributed by atoms with van der Waals surface area (Å²) < 4.78 is 46.2. The van der Waals surface area contributed by atoms with E-state index < -0.39 is 12.8 Å². The quantitative estimate of drug-likeness (QED) is 0.784. The van der Waals surface area contributed by atoms with E-state index in [9.17, 15) is 13.2 Å². The second-order valence-electron chi connectivity index (χ2n) is 4.53. The first-order valence-electron chi connectivity index (χ1n) is 6.58. The maximum atomic E-state index is 12.1. The van der Waals surface area contributed by atoms with Crippen molar-refractivity contribution in [3.05, 3.63) is 28.8 Å². The summed E-state index contributed by atoms with van der Waals surface area (Å²) in [6.07, 6.45) is -3.47. The summed E-state index contributed by atoms with van der Waals surface area (Å²) in [6, 6.07) is 4.76. The van der Waals surface area contributed by atoms with Crippen LogP contribution in [0, 0.1) is 0 Å². The third-order valence-corrected chi connectivity index (χ3v) is 3.06. The number of benzene rings is 1. The summed E-state index contributed by atoms with van der Waals surface area (Å²) in [4.78, 5) is 0. The molecule has 0 aliphatic rings. The van der Waals surface area contributed by atoms with Crippen LogP contribution in [0.2, 0.25) is 5.02 Å². The summed E-state index contributed by atoms with van der Waals surface area (Å²) in [6.45, 7) is 1.30. The van der Waals surface area contributed by atoms with E-state index in [1.54, 1.807) is 18.2 Å². The first-order chi connectivity index (χ1) is 9.87. The molecule has 0 saturated carbocycles. The molecule has 1 atom stereocenters. The second-order valence-corrected chi connectivity index (χ2v) is 4.94. The van der Waals surface area contributed by atoms with Crippen LogP contribution in [0.25, 0.3) is 0 Å². The molecular formula is C14H19ClF3NO2. The van der Waals surface area contributed by atoms with Gasteiger partial charge in [0.25, 0.3) is 0 Å². The highest BCUT2D eigenvalue weighted by atomic mass is 35.5. The van der Waals surface area contributed by atoms with Crippen molar-refractivity contribution in [1.29, 1.82) is 0 Å². The molecule has 1 unspecified atom stereocenters. The molecule has 21 heavy (non-hydrogen) atoms. The monoisotopic (exact) mass is 325 g/mol. The fraction of sp³-hybridized carbons (Fsp3) is 0.571. The lowest BCUT2D eigenvalue weighted by atomic mass is 10.1. The minimum Gasteiger partial charge on any atom is -0.495 e. The maximum absolute atomic E-state index is 12.1. The largest absolute Gasteiger partial charge is 0.495 e. The van der Waals surface area contributed by atoms with Crippen molar-refractivity contribution < 1.29 is 22.6 Å². The lowest BCUT2D eigenvalue weighted by molar-refractivity contribution is -0.175. The van der Waals surface area contributed by atoms with Crippen LogP contribution < -0.4 is 10.1 Å². The van der Waals surface area contributed by atoms with Gasteiger partial charge in [0, 0.05) is 0 Å². The average Bonchev–Trinajstić information content (AvgIpc) is 2.41. The molecule has 0 aromatic heterocycles. The highest BCUT2D eigenvalue weighted by Gasteiger charge is 2.28. The number of alkyl halides is 3. The molecule has 0 aliphatic carbocycles. The highest BCUT2D eigenvalue weighted by Crippen LogP contribution is 2.28. The van der Waals surface area contributed by atoms with Crippen molar-refractivity contribution >= 4 is 11.6 Å². The predicted octanol–water partition coefficient (Wildman–Crippen LogP) is 3.97. The third-order valence-electron chi connectivity index (χ3n) is 2.77. The van der Waals surface area contributed by atoms with Gasteiger partial charge in [0.05, 0.1) is 24.8 Å². The molecule has 1 N–H and O–H groups in total. The van der Waals surface area contributed by atoms with Gasteiger partial charge in [-0.25, -0.2) is 0 Å². The van der Waals surface area contributed by atoms with Crippen LogP contribution in [-0.2, 0) is 4.74 Å². The minimum absolute atomic E-state index is 0.0812. The Morgan fingerprint density at radius 1 is 1.33 bits per heavy atom. The fourth-order valence-electron chi connectivity index (χ4n) is 1.78. The Balaban J connectivity index is 2.74. The predicted molar refractivity (Wildman–Crippen MR) is 75.9 cm³/mol. The van der Waals surface area contributed by atoms with Gasteiger partial charge in [-0.15, -0.1) is 0 Å². The molecule has 0 radical (unpaired) electrons. The smallest absolute Gasteiger partial charge is 0.411 e. The SMILES string of the molecule is CCCNC(COCC(F)(F)F)c1ccc(OC)c(Cl)c1. The van der Waals surface area contributed by atoms with Crippen LogP contribution in [0.4, 0.5) is 13.2 Å². The molecule has 1 rings (SSSR count). The normalized spacial score (nSPS) is 13.2. The zero-order valence-corrected chi connectivity index (χ0v) is 12.7. The Kier molecular flexibility index (Phi) is 7.28. The summed E-state index contributed by atoms with van der Waals surface area (Å²) >= 11 is 6.04. The Bertz CT molecular complexity index is 441. The summed E-state index contributed by atoms with van der Waals surface area (Å²) in [5.74, 6) is 0.519. The minimum atomic E-state index is -4.33. The molecule has 7 heteroatoms. The summed E-state index contributed by atoms with van der Waals surface area (Å²) in [5.41, 5.74) is 0.761. The van der Waals surface area contributed by atoms with Crippen LogP contribution in [-0.4, -0.2) is 33.0 Å². The lowest BCUT2D eigenvalue weighted by Gasteiger charge is -2.20. The molecule has 3 nitrogen and oxygen atoms in total.